The van der Waals surface area contributed by atoms with Crippen LogP contribution in [0.25, 0.3) is 0 Å². The molecule has 1 fully saturated rings. The number of anilines is 1. The second kappa shape index (κ2) is 4.97. The molecule has 6 nitrogen and oxygen atoms in total. The number of nitro benzene ring substituents is 1. The van der Waals surface area contributed by atoms with E-state index in [9.17, 15) is 19.7 Å². The molecule has 19 heavy (non-hydrogen) atoms. The molecule has 1 saturated heterocycles. The molecule has 1 aliphatic rings. The van der Waals surface area contributed by atoms with Crippen LogP contribution in [-0.4, -0.2) is 22.6 Å². The van der Waals surface area contributed by atoms with Gasteiger partial charge in [-0.1, -0.05) is 6.07 Å². The first-order valence-electron chi connectivity index (χ1n) is 5.65. The number of benzene rings is 1. The maximum Gasteiger partial charge on any atom is 0.274 e. The second-order valence-electron chi connectivity index (χ2n) is 4.39. The van der Waals surface area contributed by atoms with Gasteiger partial charge in [0.1, 0.15) is 0 Å². The number of carbonyl (C=O) groups is 2. The van der Waals surface area contributed by atoms with Crippen molar-refractivity contribution in [1.29, 1.82) is 0 Å². The Kier molecular flexibility index (Phi) is 3.53. The van der Waals surface area contributed by atoms with Crippen LogP contribution in [0.1, 0.15) is 12.0 Å². The van der Waals surface area contributed by atoms with E-state index in [4.69, 9.17) is 11.6 Å². The average Bonchev–Trinajstić information content (AvgIpc) is 2.71. The molecule has 1 aromatic carbocycles. The maximum atomic E-state index is 11.9. The SMILES string of the molecule is Cc1c(N2C[C@H](C(=O)Cl)CC2=O)cccc1[N+](=O)[O-]. The zero-order valence-electron chi connectivity index (χ0n) is 10.1. The highest BCUT2D eigenvalue weighted by molar-refractivity contribution is 6.64. The Labute approximate surface area is 114 Å². The Balaban J connectivity index is 2.38. The van der Waals surface area contributed by atoms with E-state index in [1.54, 1.807) is 13.0 Å². The third kappa shape index (κ3) is 2.44. The number of amides is 1. The number of halogens is 1. The number of hydrogen-bond donors (Lipinski definition) is 0. The fourth-order valence-electron chi connectivity index (χ4n) is 2.19. The van der Waals surface area contributed by atoms with Crippen LogP contribution in [0.3, 0.4) is 0 Å². The number of nitrogens with zero attached hydrogens (tertiary/aromatic N) is 2. The van der Waals surface area contributed by atoms with Crippen molar-refractivity contribution in [3.63, 3.8) is 0 Å². The van der Waals surface area contributed by atoms with Crippen molar-refractivity contribution in [2.75, 3.05) is 11.4 Å². The fourth-order valence-corrected chi connectivity index (χ4v) is 2.34. The van der Waals surface area contributed by atoms with Crippen LogP contribution >= 0.6 is 11.6 Å². The van der Waals surface area contributed by atoms with Crippen LogP contribution in [-0.2, 0) is 9.59 Å². The average molecular weight is 283 g/mol. The summed E-state index contributed by atoms with van der Waals surface area (Å²) in [4.78, 5) is 34.7. The fraction of sp³-hybridized carbons (Fsp3) is 0.333. The summed E-state index contributed by atoms with van der Waals surface area (Å²) in [5.41, 5.74) is 0.814. The van der Waals surface area contributed by atoms with E-state index >= 15 is 0 Å². The molecule has 0 saturated carbocycles. The lowest BCUT2D eigenvalue weighted by Crippen LogP contribution is -2.26. The molecular weight excluding hydrogens is 272 g/mol. The summed E-state index contributed by atoms with van der Waals surface area (Å²) in [6, 6.07) is 4.52. The van der Waals surface area contributed by atoms with Gasteiger partial charge in [0, 0.05) is 19.0 Å². The van der Waals surface area contributed by atoms with Gasteiger partial charge in [0.15, 0.2) is 0 Å². The van der Waals surface area contributed by atoms with E-state index in [0.29, 0.717) is 11.3 Å². The molecule has 1 atom stereocenters. The normalized spacial score (nSPS) is 18.7. The van der Waals surface area contributed by atoms with Gasteiger partial charge in [-0.05, 0) is 24.6 Å². The minimum absolute atomic E-state index is 0.0461. The van der Waals surface area contributed by atoms with E-state index in [-0.39, 0.29) is 24.6 Å². The molecule has 0 bridgehead atoms. The molecule has 1 aromatic rings. The van der Waals surface area contributed by atoms with Crippen molar-refractivity contribution < 1.29 is 14.5 Å². The van der Waals surface area contributed by atoms with Gasteiger partial charge < -0.3 is 4.90 Å². The molecular formula is C12H11ClN2O4. The van der Waals surface area contributed by atoms with Gasteiger partial charge in [-0.2, -0.15) is 0 Å². The Hall–Kier alpha value is -1.95. The first kappa shape index (κ1) is 13.5. The molecule has 1 amide bonds. The first-order chi connectivity index (χ1) is 8.91. The minimum atomic E-state index is -0.557. The summed E-state index contributed by atoms with van der Waals surface area (Å²) in [5.74, 6) is -0.796. The van der Waals surface area contributed by atoms with Crippen molar-refractivity contribution >= 4 is 34.1 Å². The van der Waals surface area contributed by atoms with Crippen LogP contribution in [0.2, 0.25) is 0 Å². The number of rotatable bonds is 3. The lowest BCUT2D eigenvalue weighted by atomic mass is 10.1. The van der Waals surface area contributed by atoms with Gasteiger partial charge in [-0.3, -0.25) is 19.7 Å². The molecule has 2 rings (SSSR count). The first-order valence-corrected chi connectivity index (χ1v) is 6.03. The summed E-state index contributed by atoms with van der Waals surface area (Å²) < 4.78 is 0. The quantitative estimate of drug-likeness (QED) is 0.482. The predicted molar refractivity (Wildman–Crippen MR) is 69.2 cm³/mol. The molecule has 0 aromatic heterocycles. The minimum Gasteiger partial charge on any atom is -0.311 e. The summed E-state index contributed by atoms with van der Waals surface area (Å²) in [5, 5.41) is 10.3. The summed E-state index contributed by atoms with van der Waals surface area (Å²) in [6.45, 7) is 1.75. The monoisotopic (exact) mass is 282 g/mol. The highest BCUT2D eigenvalue weighted by Crippen LogP contribution is 2.32. The molecule has 0 N–H and O–H groups in total. The summed E-state index contributed by atoms with van der Waals surface area (Å²) in [6.07, 6.45) is 0.0461. The summed E-state index contributed by atoms with van der Waals surface area (Å²) >= 11 is 5.40. The molecule has 1 heterocycles. The molecule has 1 aliphatic heterocycles. The lowest BCUT2D eigenvalue weighted by molar-refractivity contribution is -0.385. The highest BCUT2D eigenvalue weighted by atomic mass is 35.5. The van der Waals surface area contributed by atoms with E-state index < -0.39 is 16.1 Å². The Morgan fingerprint density at radius 3 is 2.74 bits per heavy atom. The largest absolute Gasteiger partial charge is 0.311 e. The van der Waals surface area contributed by atoms with Crippen molar-refractivity contribution in [2.45, 2.75) is 13.3 Å². The van der Waals surface area contributed by atoms with Crippen LogP contribution in [0.15, 0.2) is 18.2 Å². The molecule has 7 heteroatoms. The van der Waals surface area contributed by atoms with Gasteiger partial charge >= 0.3 is 0 Å². The van der Waals surface area contributed by atoms with Crippen molar-refractivity contribution in [2.24, 2.45) is 5.92 Å². The zero-order valence-corrected chi connectivity index (χ0v) is 10.9. The standard InChI is InChI=1S/C12H11ClN2O4/c1-7-9(3-2-4-10(7)15(18)19)14-6-8(12(13)17)5-11(14)16/h2-4,8H,5-6H2,1H3/t8-/m1/s1. The van der Waals surface area contributed by atoms with E-state index in [1.165, 1.54) is 17.0 Å². The zero-order chi connectivity index (χ0) is 14.2. The van der Waals surface area contributed by atoms with Crippen LogP contribution < -0.4 is 4.90 Å². The second-order valence-corrected chi connectivity index (χ2v) is 4.76. The third-order valence-electron chi connectivity index (χ3n) is 3.21. The maximum absolute atomic E-state index is 11.9. The Morgan fingerprint density at radius 1 is 1.53 bits per heavy atom. The number of carbonyl (C=O) groups excluding carboxylic acids is 2. The van der Waals surface area contributed by atoms with Gasteiger partial charge in [0.05, 0.1) is 22.1 Å². The van der Waals surface area contributed by atoms with Gasteiger partial charge in [0.2, 0.25) is 11.1 Å². The van der Waals surface area contributed by atoms with Crippen molar-refractivity contribution in [3.05, 3.63) is 33.9 Å². The number of hydrogen-bond acceptors (Lipinski definition) is 4. The van der Waals surface area contributed by atoms with E-state index in [1.807, 2.05) is 0 Å². The highest BCUT2D eigenvalue weighted by Gasteiger charge is 2.35. The summed E-state index contributed by atoms with van der Waals surface area (Å²) in [7, 11) is 0. The van der Waals surface area contributed by atoms with E-state index in [2.05, 4.69) is 0 Å². The topological polar surface area (TPSA) is 80.5 Å². The van der Waals surface area contributed by atoms with Crippen LogP contribution in [0.5, 0.6) is 0 Å². The van der Waals surface area contributed by atoms with Crippen LogP contribution in [0, 0.1) is 23.0 Å². The molecule has 0 unspecified atom stereocenters. The van der Waals surface area contributed by atoms with E-state index in [0.717, 1.165) is 0 Å². The lowest BCUT2D eigenvalue weighted by Gasteiger charge is -2.18. The van der Waals surface area contributed by atoms with Crippen molar-refractivity contribution in [1.82, 2.24) is 0 Å². The van der Waals surface area contributed by atoms with Crippen molar-refractivity contribution in [3.8, 4) is 0 Å². The third-order valence-corrected chi connectivity index (χ3v) is 3.52. The smallest absolute Gasteiger partial charge is 0.274 e. The van der Waals surface area contributed by atoms with Gasteiger partial charge in [-0.15, -0.1) is 0 Å². The molecule has 0 aliphatic carbocycles. The molecule has 0 radical (unpaired) electrons. The number of nitro groups is 1. The van der Waals surface area contributed by atoms with Crippen LogP contribution in [0.4, 0.5) is 11.4 Å². The van der Waals surface area contributed by atoms with Gasteiger partial charge in [0.25, 0.3) is 5.69 Å². The predicted octanol–water partition coefficient (Wildman–Crippen LogP) is 2.02. The molecule has 0 spiro atoms. The Bertz CT molecular complexity index is 573. The molecule has 100 valence electrons. The Morgan fingerprint density at radius 2 is 2.21 bits per heavy atom. The van der Waals surface area contributed by atoms with Gasteiger partial charge in [-0.25, -0.2) is 0 Å².